The minimum Gasteiger partial charge on any atom is -0.379 e. The summed E-state index contributed by atoms with van der Waals surface area (Å²) >= 11 is 0. The summed E-state index contributed by atoms with van der Waals surface area (Å²) in [4.78, 5) is 18.3. The van der Waals surface area contributed by atoms with Crippen molar-refractivity contribution in [2.45, 2.75) is 31.1 Å². The van der Waals surface area contributed by atoms with Gasteiger partial charge in [-0.15, -0.1) is 0 Å². The Balaban J connectivity index is 1.40. The van der Waals surface area contributed by atoms with Crippen molar-refractivity contribution in [3.05, 3.63) is 89.9 Å². The van der Waals surface area contributed by atoms with Crippen LogP contribution in [0.3, 0.4) is 0 Å². The van der Waals surface area contributed by atoms with Gasteiger partial charge in [0, 0.05) is 60.1 Å². The van der Waals surface area contributed by atoms with E-state index in [2.05, 4.69) is 40.7 Å². The van der Waals surface area contributed by atoms with E-state index < -0.39 is 15.8 Å². The average Bonchev–Trinajstić information content (AvgIpc) is 3.34. The highest BCUT2D eigenvalue weighted by Crippen LogP contribution is 2.35. The molecule has 1 aliphatic rings. The van der Waals surface area contributed by atoms with Gasteiger partial charge in [0.2, 0.25) is 5.91 Å². The first-order valence-electron chi connectivity index (χ1n) is 14.3. The van der Waals surface area contributed by atoms with Gasteiger partial charge in [0.1, 0.15) is 5.82 Å². The number of H-pyrrole nitrogens is 1. The molecule has 226 valence electrons. The third-order valence-corrected chi connectivity index (χ3v) is 8.85. The summed E-state index contributed by atoms with van der Waals surface area (Å²) in [5.41, 5.74) is 3.86. The lowest BCUT2D eigenvalue weighted by molar-refractivity contribution is -0.116. The van der Waals surface area contributed by atoms with Gasteiger partial charge in [-0.2, -0.15) is 0 Å². The number of ether oxygens (including phenoxy) is 1. The van der Waals surface area contributed by atoms with Crippen molar-refractivity contribution < 1.29 is 22.3 Å². The molecule has 8 nitrogen and oxygen atoms in total. The number of sulfonamides is 1. The number of amides is 1. The molecule has 1 fully saturated rings. The Morgan fingerprint density at radius 2 is 1.79 bits per heavy atom. The molecule has 1 saturated heterocycles. The van der Waals surface area contributed by atoms with E-state index in [0.29, 0.717) is 53.2 Å². The van der Waals surface area contributed by atoms with Gasteiger partial charge in [-0.25, -0.2) is 12.8 Å². The molecular formula is C33H37FN4O4S. The quantitative estimate of drug-likeness (QED) is 0.218. The number of aromatic nitrogens is 1. The second-order valence-electron chi connectivity index (χ2n) is 11.6. The van der Waals surface area contributed by atoms with Crippen LogP contribution in [-0.4, -0.2) is 63.6 Å². The van der Waals surface area contributed by atoms with Crippen LogP contribution in [0.2, 0.25) is 0 Å². The van der Waals surface area contributed by atoms with Gasteiger partial charge in [-0.05, 0) is 65.1 Å². The van der Waals surface area contributed by atoms with Gasteiger partial charge in [0.15, 0.2) is 0 Å². The predicted octanol–water partition coefficient (Wildman–Crippen LogP) is 5.53. The van der Waals surface area contributed by atoms with Crippen LogP contribution < -0.4 is 10.0 Å². The molecule has 3 aromatic carbocycles. The summed E-state index contributed by atoms with van der Waals surface area (Å²) in [5, 5.41) is 3.59. The van der Waals surface area contributed by atoms with Crippen molar-refractivity contribution in [3.63, 3.8) is 0 Å². The fourth-order valence-electron chi connectivity index (χ4n) is 5.08. The Hall–Kier alpha value is -3.99. The number of aromatic amines is 1. The van der Waals surface area contributed by atoms with E-state index in [1.807, 2.05) is 12.1 Å². The van der Waals surface area contributed by atoms with Gasteiger partial charge in [-0.3, -0.25) is 14.4 Å². The number of nitrogens with zero attached hydrogens (tertiary/aromatic N) is 1. The summed E-state index contributed by atoms with van der Waals surface area (Å²) in [6.45, 7) is 10.5. The van der Waals surface area contributed by atoms with Crippen LogP contribution in [0.5, 0.6) is 0 Å². The first-order chi connectivity index (χ1) is 20.5. The van der Waals surface area contributed by atoms with Gasteiger partial charge >= 0.3 is 0 Å². The highest BCUT2D eigenvalue weighted by Gasteiger charge is 2.19. The second-order valence-corrected chi connectivity index (χ2v) is 13.3. The number of benzene rings is 3. The molecule has 0 saturated carbocycles. The number of hydrogen-bond donors (Lipinski definition) is 3. The fraction of sp³-hybridized carbons (Fsp3) is 0.303. The summed E-state index contributed by atoms with van der Waals surface area (Å²) in [6.07, 6.45) is 3.10. The number of rotatable bonds is 9. The number of carbonyl (C=O) groups excluding carboxylic acids is 1. The summed E-state index contributed by atoms with van der Waals surface area (Å²) in [5.74, 6) is -0.652. The van der Waals surface area contributed by atoms with Crippen LogP contribution in [-0.2, 0) is 25.0 Å². The van der Waals surface area contributed by atoms with Gasteiger partial charge in [0.25, 0.3) is 10.0 Å². The van der Waals surface area contributed by atoms with E-state index >= 15 is 0 Å². The van der Waals surface area contributed by atoms with E-state index in [1.54, 1.807) is 48.5 Å². The van der Waals surface area contributed by atoms with Crippen molar-refractivity contribution >= 4 is 38.6 Å². The summed E-state index contributed by atoms with van der Waals surface area (Å²) in [6, 6.07) is 18.2. The Bertz CT molecular complexity index is 1740. The molecule has 1 aromatic heterocycles. The number of morpholine rings is 1. The van der Waals surface area contributed by atoms with E-state index in [-0.39, 0.29) is 16.2 Å². The molecule has 1 amide bonds. The molecule has 5 rings (SSSR count). The largest absolute Gasteiger partial charge is 0.379 e. The minimum atomic E-state index is -3.86. The molecule has 0 bridgehead atoms. The lowest BCUT2D eigenvalue weighted by Crippen LogP contribution is -2.41. The topological polar surface area (TPSA) is 104 Å². The zero-order chi connectivity index (χ0) is 30.6. The van der Waals surface area contributed by atoms with Crippen molar-refractivity contribution in [1.82, 2.24) is 15.2 Å². The van der Waals surface area contributed by atoms with Crippen molar-refractivity contribution in [3.8, 4) is 11.1 Å². The van der Waals surface area contributed by atoms with E-state index in [0.717, 1.165) is 25.2 Å². The highest BCUT2D eigenvalue weighted by atomic mass is 32.2. The maximum atomic E-state index is 14.3. The normalized spacial score (nSPS) is 14.8. The van der Waals surface area contributed by atoms with Crippen LogP contribution in [0.1, 0.15) is 32.0 Å². The predicted molar refractivity (Wildman–Crippen MR) is 169 cm³/mol. The molecule has 3 N–H and O–H groups in total. The highest BCUT2D eigenvalue weighted by molar-refractivity contribution is 7.92. The van der Waals surface area contributed by atoms with Gasteiger partial charge in [0.05, 0.1) is 18.1 Å². The van der Waals surface area contributed by atoms with Crippen LogP contribution in [0.25, 0.3) is 28.1 Å². The summed E-state index contributed by atoms with van der Waals surface area (Å²) in [7, 11) is -3.86. The van der Waals surface area contributed by atoms with Crippen LogP contribution >= 0.6 is 0 Å². The maximum absolute atomic E-state index is 14.3. The molecule has 0 spiro atoms. The number of carbonyl (C=O) groups is 1. The smallest absolute Gasteiger partial charge is 0.261 e. The standard InChI is InChI=1S/C33H37FN4O4S/c1-33(2,3)24-7-10-27(11-8-24)43(40,41)37-26-9-12-29-28(22-26)32(23-5-4-6-25(34)21-23)30(36-29)13-14-31(39)35-15-16-38-17-19-42-20-18-38/h4-14,21-22,36-37H,15-20H2,1-3H3,(H,35,39). The Morgan fingerprint density at radius 3 is 2.49 bits per heavy atom. The third-order valence-electron chi connectivity index (χ3n) is 7.46. The zero-order valence-electron chi connectivity index (χ0n) is 24.6. The molecule has 0 atom stereocenters. The third kappa shape index (κ3) is 7.51. The molecule has 43 heavy (non-hydrogen) atoms. The lowest BCUT2D eigenvalue weighted by Gasteiger charge is -2.26. The molecule has 4 aromatic rings. The number of fused-ring (bicyclic) bond motifs is 1. The zero-order valence-corrected chi connectivity index (χ0v) is 25.4. The molecular weight excluding hydrogens is 567 g/mol. The van der Waals surface area contributed by atoms with Gasteiger partial charge in [-0.1, -0.05) is 45.0 Å². The van der Waals surface area contributed by atoms with E-state index in [4.69, 9.17) is 4.74 Å². The van der Waals surface area contributed by atoms with E-state index in [1.165, 1.54) is 18.2 Å². The molecule has 10 heteroatoms. The maximum Gasteiger partial charge on any atom is 0.261 e. The first-order valence-corrected chi connectivity index (χ1v) is 15.8. The Labute approximate surface area is 252 Å². The number of anilines is 1. The monoisotopic (exact) mass is 604 g/mol. The van der Waals surface area contributed by atoms with Crippen LogP contribution in [0.15, 0.2) is 77.7 Å². The molecule has 0 unspecified atom stereocenters. The number of halogens is 1. The second kappa shape index (κ2) is 12.7. The Morgan fingerprint density at radius 1 is 1.05 bits per heavy atom. The molecule has 0 radical (unpaired) electrons. The Kier molecular flexibility index (Phi) is 9.00. The van der Waals surface area contributed by atoms with E-state index in [9.17, 15) is 17.6 Å². The van der Waals surface area contributed by atoms with Gasteiger partial charge < -0.3 is 15.0 Å². The number of hydrogen-bond acceptors (Lipinski definition) is 5. The summed E-state index contributed by atoms with van der Waals surface area (Å²) < 4.78 is 48.8. The molecule has 1 aliphatic heterocycles. The molecule has 0 aliphatic carbocycles. The minimum absolute atomic E-state index is 0.0991. The average molecular weight is 605 g/mol. The van der Waals surface area contributed by atoms with Crippen LogP contribution in [0, 0.1) is 5.82 Å². The van der Waals surface area contributed by atoms with Crippen molar-refractivity contribution in [1.29, 1.82) is 0 Å². The van der Waals surface area contributed by atoms with Crippen molar-refractivity contribution in [2.75, 3.05) is 44.1 Å². The SMILES string of the molecule is CC(C)(C)c1ccc(S(=O)(=O)Nc2ccc3[nH]c(C=CC(=O)NCCN4CCOCC4)c(-c4cccc(F)c4)c3c2)cc1. The fourth-order valence-corrected chi connectivity index (χ4v) is 6.13. The van der Waals surface area contributed by atoms with Crippen molar-refractivity contribution in [2.24, 2.45) is 0 Å². The van der Waals surface area contributed by atoms with Crippen LogP contribution in [0.4, 0.5) is 10.1 Å². The number of nitrogens with one attached hydrogen (secondary N) is 3. The first kappa shape index (κ1) is 30.5. The lowest BCUT2D eigenvalue weighted by atomic mass is 9.87. The molecule has 2 heterocycles.